The molecule has 1 N–H and O–H groups in total. The van der Waals surface area contributed by atoms with Crippen LogP contribution in [-0.4, -0.2) is 83.4 Å². The number of nitrogens with zero attached hydrogens (tertiary/aromatic N) is 4. The minimum atomic E-state index is -0.124. The van der Waals surface area contributed by atoms with E-state index in [9.17, 15) is 4.79 Å². The molecule has 0 bridgehead atoms. The Labute approximate surface area is 199 Å². The molecule has 2 heterocycles. The summed E-state index contributed by atoms with van der Waals surface area (Å²) in [5.41, 5.74) is 0.698. The highest BCUT2D eigenvalue weighted by Crippen LogP contribution is 2.29. The number of morpholine rings is 1. The van der Waals surface area contributed by atoms with E-state index in [-0.39, 0.29) is 17.2 Å². The van der Waals surface area contributed by atoms with E-state index in [0.29, 0.717) is 35.7 Å². The van der Waals surface area contributed by atoms with Gasteiger partial charge < -0.3 is 19.4 Å². The number of ether oxygens (including phenoxy) is 2. The monoisotopic (exact) mass is 481 g/mol. The predicted molar refractivity (Wildman–Crippen MR) is 127 cm³/mol. The highest BCUT2D eigenvalue weighted by molar-refractivity contribution is 7.99. The number of carbonyl (C=O) groups excluding carboxylic acids is 1. The van der Waals surface area contributed by atoms with Gasteiger partial charge >= 0.3 is 0 Å². The predicted octanol–water partition coefficient (Wildman–Crippen LogP) is 2.95. The molecule has 176 valence electrons. The summed E-state index contributed by atoms with van der Waals surface area (Å²) >= 11 is 7.77. The Morgan fingerprint density at radius 3 is 2.75 bits per heavy atom. The smallest absolute Gasteiger partial charge is 0.230 e. The summed E-state index contributed by atoms with van der Waals surface area (Å²) in [6, 6.07) is 7.57. The topological polar surface area (TPSA) is 81.5 Å². The normalized spacial score (nSPS) is 15.1. The molecule has 10 heteroatoms. The number of amides is 1. The Balaban J connectivity index is 1.62. The van der Waals surface area contributed by atoms with Crippen LogP contribution in [0.5, 0.6) is 0 Å². The molecule has 1 aromatic heterocycles. The summed E-state index contributed by atoms with van der Waals surface area (Å²) < 4.78 is 12.6. The Morgan fingerprint density at radius 2 is 2.03 bits per heavy atom. The van der Waals surface area contributed by atoms with Gasteiger partial charge in [0.1, 0.15) is 0 Å². The number of thioether (sulfide) groups is 1. The van der Waals surface area contributed by atoms with Gasteiger partial charge in [-0.25, -0.2) is 0 Å². The third kappa shape index (κ3) is 6.68. The lowest BCUT2D eigenvalue weighted by molar-refractivity contribution is -0.119. The first-order chi connectivity index (χ1) is 15.4. The summed E-state index contributed by atoms with van der Waals surface area (Å²) in [5, 5.41) is 13.1. The summed E-state index contributed by atoms with van der Waals surface area (Å²) in [7, 11) is 1.68. The summed E-state index contributed by atoms with van der Waals surface area (Å²) in [6.45, 7) is 9.41. The molecule has 3 rings (SSSR count). The van der Waals surface area contributed by atoms with E-state index in [4.69, 9.17) is 21.1 Å². The Morgan fingerprint density at radius 1 is 1.28 bits per heavy atom. The van der Waals surface area contributed by atoms with E-state index in [0.717, 1.165) is 38.3 Å². The molecule has 32 heavy (non-hydrogen) atoms. The maximum absolute atomic E-state index is 12.6. The second-order valence-corrected chi connectivity index (χ2v) is 9.61. The third-order valence-electron chi connectivity index (χ3n) is 5.48. The van der Waals surface area contributed by atoms with E-state index < -0.39 is 0 Å². The van der Waals surface area contributed by atoms with Crippen molar-refractivity contribution in [2.45, 2.75) is 37.5 Å². The minimum Gasteiger partial charge on any atom is -0.385 e. The molecule has 1 fully saturated rings. The van der Waals surface area contributed by atoms with Gasteiger partial charge in [-0.05, 0) is 32.4 Å². The lowest BCUT2D eigenvalue weighted by Gasteiger charge is -2.40. The van der Waals surface area contributed by atoms with Crippen molar-refractivity contribution in [3.8, 4) is 11.4 Å². The number of rotatable bonds is 11. The van der Waals surface area contributed by atoms with Gasteiger partial charge in [0.15, 0.2) is 11.0 Å². The zero-order valence-electron chi connectivity index (χ0n) is 19.0. The van der Waals surface area contributed by atoms with Crippen LogP contribution in [0.4, 0.5) is 0 Å². The number of hydrogen-bond donors (Lipinski definition) is 1. The molecule has 8 nitrogen and oxygen atoms in total. The maximum Gasteiger partial charge on any atom is 0.230 e. The molecule has 1 aromatic carbocycles. The van der Waals surface area contributed by atoms with Crippen LogP contribution in [0.25, 0.3) is 11.4 Å². The van der Waals surface area contributed by atoms with Gasteiger partial charge in [0.25, 0.3) is 0 Å². The fourth-order valence-electron chi connectivity index (χ4n) is 3.58. The number of halogens is 1. The second kappa shape index (κ2) is 12.0. The lowest BCUT2D eigenvalue weighted by Crippen LogP contribution is -2.55. The first-order valence-corrected chi connectivity index (χ1v) is 12.2. The zero-order valence-corrected chi connectivity index (χ0v) is 20.5. The summed E-state index contributed by atoms with van der Waals surface area (Å²) in [5.74, 6) is 0.939. The zero-order chi connectivity index (χ0) is 23.0. The highest BCUT2D eigenvalue weighted by Gasteiger charge is 2.28. The van der Waals surface area contributed by atoms with Crippen molar-refractivity contribution >= 4 is 29.3 Å². The fraction of sp³-hybridized carbons (Fsp3) is 0.591. The van der Waals surface area contributed by atoms with Crippen LogP contribution in [0.15, 0.2) is 29.4 Å². The molecule has 1 aliphatic rings. The van der Waals surface area contributed by atoms with Crippen LogP contribution in [0, 0.1) is 0 Å². The van der Waals surface area contributed by atoms with Crippen molar-refractivity contribution < 1.29 is 14.3 Å². The lowest BCUT2D eigenvalue weighted by atomic mass is 10.0. The molecule has 1 amide bonds. The van der Waals surface area contributed by atoms with Crippen LogP contribution >= 0.6 is 23.4 Å². The van der Waals surface area contributed by atoms with Crippen molar-refractivity contribution in [2.24, 2.45) is 0 Å². The van der Waals surface area contributed by atoms with E-state index in [2.05, 4.69) is 34.3 Å². The van der Waals surface area contributed by atoms with Gasteiger partial charge in [0.05, 0.1) is 24.0 Å². The molecular formula is C22H32ClN5O3S. The molecule has 1 saturated heterocycles. The standard InChI is InChI=1S/C22H32ClN5O3S/c1-22(2,27-10-13-31-14-11-27)16-24-19(29)15-32-21-26-25-20(28(21)9-6-12-30-3)17-7-4-5-8-18(17)23/h4-5,7-8H,6,9-16H2,1-3H3,(H,24,29). The molecule has 2 aromatic rings. The van der Waals surface area contributed by atoms with E-state index in [1.54, 1.807) is 7.11 Å². The van der Waals surface area contributed by atoms with Crippen molar-refractivity contribution in [3.05, 3.63) is 29.3 Å². The van der Waals surface area contributed by atoms with E-state index >= 15 is 0 Å². The number of methoxy groups -OCH3 is 1. The van der Waals surface area contributed by atoms with Gasteiger partial charge in [0, 0.05) is 51.0 Å². The molecule has 0 saturated carbocycles. The fourth-order valence-corrected chi connectivity index (χ4v) is 4.60. The quantitative estimate of drug-likeness (QED) is 0.390. The highest BCUT2D eigenvalue weighted by atomic mass is 35.5. The summed E-state index contributed by atoms with van der Waals surface area (Å²) in [6.07, 6.45) is 0.805. The first-order valence-electron chi connectivity index (χ1n) is 10.8. The molecule has 0 aliphatic carbocycles. The average Bonchev–Trinajstić information content (AvgIpc) is 3.20. The van der Waals surface area contributed by atoms with Gasteiger partial charge in [0.2, 0.25) is 5.91 Å². The van der Waals surface area contributed by atoms with Crippen molar-refractivity contribution in [1.29, 1.82) is 0 Å². The van der Waals surface area contributed by atoms with Crippen LogP contribution < -0.4 is 5.32 Å². The number of aromatic nitrogens is 3. The average molecular weight is 482 g/mol. The summed E-state index contributed by atoms with van der Waals surface area (Å²) in [4.78, 5) is 14.9. The van der Waals surface area contributed by atoms with Crippen LogP contribution in [0.3, 0.4) is 0 Å². The SMILES string of the molecule is COCCCn1c(SCC(=O)NCC(C)(C)N2CCOCC2)nnc1-c1ccccc1Cl. The number of benzene rings is 1. The van der Waals surface area contributed by atoms with Gasteiger partial charge in [-0.3, -0.25) is 9.69 Å². The van der Waals surface area contributed by atoms with E-state index in [1.807, 2.05) is 28.8 Å². The van der Waals surface area contributed by atoms with Gasteiger partial charge in [-0.1, -0.05) is 35.5 Å². The molecule has 0 atom stereocenters. The van der Waals surface area contributed by atoms with Gasteiger partial charge in [-0.15, -0.1) is 10.2 Å². The Kier molecular flexibility index (Phi) is 9.36. The first kappa shape index (κ1) is 25.0. The maximum atomic E-state index is 12.6. The number of hydrogen-bond acceptors (Lipinski definition) is 7. The van der Waals surface area contributed by atoms with E-state index in [1.165, 1.54) is 11.8 Å². The van der Waals surface area contributed by atoms with Crippen LogP contribution in [0.1, 0.15) is 20.3 Å². The number of carbonyl (C=O) groups is 1. The number of nitrogens with one attached hydrogen (secondary N) is 1. The van der Waals surface area contributed by atoms with Gasteiger partial charge in [-0.2, -0.15) is 0 Å². The molecule has 1 aliphatic heterocycles. The minimum absolute atomic E-state index is 0.0259. The molecule has 0 unspecified atom stereocenters. The van der Waals surface area contributed by atoms with Crippen molar-refractivity contribution in [1.82, 2.24) is 25.0 Å². The van der Waals surface area contributed by atoms with Crippen molar-refractivity contribution in [2.75, 3.05) is 52.3 Å². The van der Waals surface area contributed by atoms with Crippen LogP contribution in [0.2, 0.25) is 5.02 Å². The second-order valence-electron chi connectivity index (χ2n) is 8.26. The Bertz CT molecular complexity index is 886. The largest absolute Gasteiger partial charge is 0.385 e. The molecule has 0 radical (unpaired) electrons. The molecule has 0 spiro atoms. The van der Waals surface area contributed by atoms with Crippen molar-refractivity contribution in [3.63, 3.8) is 0 Å². The van der Waals surface area contributed by atoms with Crippen LogP contribution in [-0.2, 0) is 20.8 Å². The molecular weight excluding hydrogens is 450 g/mol. The third-order valence-corrected chi connectivity index (χ3v) is 6.78. The Hall–Kier alpha value is -1.65.